The molecule has 2 aliphatic heterocycles. The van der Waals surface area contributed by atoms with E-state index in [0.717, 1.165) is 23.8 Å². The molecule has 0 spiro atoms. The summed E-state index contributed by atoms with van der Waals surface area (Å²) in [5.74, 6) is 2.95. The van der Waals surface area contributed by atoms with Crippen molar-refractivity contribution in [1.82, 2.24) is 10.2 Å². The first kappa shape index (κ1) is 9.17. The van der Waals surface area contributed by atoms with Gasteiger partial charge in [-0.3, -0.25) is 0 Å². The van der Waals surface area contributed by atoms with Crippen LogP contribution >= 0.6 is 0 Å². The molecule has 0 aromatic heterocycles. The number of nitrogens with zero attached hydrogens (tertiary/aromatic N) is 1. The first-order valence-corrected chi connectivity index (χ1v) is 6.26. The number of rotatable bonds is 1. The van der Waals surface area contributed by atoms with Gasteiger partial charge in [-0.2, -0.15) is 0 Å². The van der Waals surface area contributed by atoms with Gasteiger partial charge in [0, 0.05) is 19.1 Å². The fraction of sp³-hybridized carbons (Fsp3) is 1.00. The summed E-state index contributed by atoms with van der Waals surface area (Å²) in [6, 6.07) is 0.868. The summed E-state index contributed by atoms with van der Waals surface area (Å²) < 4.78 is 0. The number of hydrogen-bond donors (Lipinski definition) is 1. The van der Waals surface area contributed by atoms with Gasteiger partial charge in [-0.15, -0.1) is 0 Å². The van der Waals surface area contributed by atoms with Crippen molar-refractivity contribution in [3.63, 3.8) is 0 Å². The lowest BCUT2D eigenvalue weighted by molar-refractivity contribution is 0.293. The molecular weight excluding hydrogens is 172 g/mol. The highest BCUT2D eigenvalue weighted by molar-refractivity contribution is 5.00. The normalized spacial score (nSPS) is 44.8. The van der Waals surface area contributed by atoms with Gasteiger partial charge >= 0.3 is 0 Å². The number of hydrogen-bond acceptors (Lipinski definition) is 2. The van der Waals surface area contributed by atoms with Crippen molar-refractivity contribution < 1.29 is 0 Å². The van der Waals surface area contributed by atoms with E-state index in [-0.39, 0.29) is 0 Å². The van der Waals surface area contributed by atoms with E-state index in [2.05, 4.69) is 17.3 Å². The fourth-order valence-corrected chi connectivity index (χ4v) is 4.01. The molecule has 1 N–H and O–H groups in total. The van der Waals surface area contributed by atoms with E-state index in [1.165, 1.54) is 45.3 Å². The third-order valence-electron chi connectivity index (χ3n) is 4.66. The molecule has 3 fully saturated rings. The Bertz CT molecular complexity index is 210. The van der Waals surface area contributed by atoms with Gasteiger partial charge in [0.1, 0.15) is 0 Å². The van der Waals surface area contributed by atoms with E-state index in [9.17, 15) is 0 Å². The fourth-order valence-electron chi connectivity index (χ4n) is 4.01. The van der Waals surface area contributed by atoms with Gasteiger partial charge < -0.3 is 10.2 Å². The molecule has 0 aromatic carbocycles. The zero-order valence-corrected chi connectivity index (χ0v) is 9.21. The Morgan fingerprint density at radius 2 is 1.86 bits per heavy atom. The smallest absolute Gasteiger partial charge is 0.0139 e. The van der Waals surface area contributed by atoms with Crippen molar-refractivity contribution >= 4 is 0 Å². The van der Waals surface area contributed by atoms with E-state index >= 15 is 0 Å². The van der Waals surface area contributed by atoms with Crippen molar-refractivity contribution in [3.05, 3.63) is 0 Å². The van der Waals surface area contributed by atoms with Gasteiger partial charge in [0.25, 0.3) is 0 Å². The largest absolute Gasteiger partial charge is 0.313 e. The first-order chi connectivity index (χ1) is 6.84. The summed E-state index contributed by atoms with van der Waals surface area (Å²) in [5, 5.41) is 3.79. The molecule has 2 saturated heterocycles. The van der Waals surface area contributed by atoms with Crippen LogP contribution in [-0.4, -0.2) is 37.6 Å². The molecular formula is C12H22N2. The highest BCUT2D eigenvalue weighted by Crippen LogP contribution is 2.39. The Morgan fingerprint density at radius 1 is 1.07 bits per heavy atom. The van der Waals surface area contributed by atoms with E-state index in [0.29, 0.717) is 0 Å². The molecule has 14 heavy (non-hydrogen) atoms. The van der Waals surface area contributed by atoms with Gasteiger partial charge in [-0.05, 0) is 44.2 Å². The van der Waals surface area contributed by atoms with E-state index in [1.807, 2.05) is 0 Å². The molecule has 1 saturated carbocycles. The third-order valence-corrected chi connectivity index (χ3v) is 4.66. The van der Waals surface area contributed by atoms with Crippen LogP contribution in [0.3, 0.4) is 0 Å². The maximum absolute atomic E-state index is 3.79. The average molecular weight is 194 g/mol. The van der Waals surface area contributed by atoms with Crippen molar-refractivity contribution in [2.24, 2.45) is 17.8 Å². The quantitative estimate of drug-likeness (QED) is 0.677. The van der Waals surface area contributed by atoms with Crippen LogP contribution in [0.2, 0.25) is 0 Å². The summed E-state index contributed by atoms with van der Waals surface area (Å²) >= 11 is 0. The molecule has 1 aliphatic carbocycles. The molecule has 2 nitrogen and oxygen atoms in total. The molecule has 2 heterocycles. The van der Waals surface area contributed by atoms with Crippen molar-refractivity contribution in [3.8, 4) is 0 Å². The Hall–Kier alpha value is -0.0800. The second-order valence-corrected chi connectivity index (χ2v) is 5.62. The van der Waals surface area contributed by atoms with Crippen LogP contribution in [0.1, 0.15) is 25.7 Å². The van der Waals surface area contributed by atoms with Gasteiger partial charge in [0.15, 0.2) is 0 Å². The van der Waals surface area contributed by atoms with Gasteiger partial charge in [0.05, 0.1) is 0 Å². The average Bonchev–Trinajstić information content (AvgIpc) is 2.77. The molecule has 0 unspecified atom stereocenters. The van der Waals surface area contributed by atoms with Crippen molar-refractivity contribution in [2.75, 3.05) is 26.7 Å². The summed E-state index contributed by atoms with van der Waals surface area (Å²) in [5.41, 5.74) is 0. The van der Waals surface area contributed by atoms with Crippen LogP contribution in [0, 0.1) is 17.8 Å². The first-order valence-electron chi connectivity index (χ1n) is 6.26. The second-order valence-electron chi connectivity index (χ2n) is 5.62. The maximum Gasteiger partial charge on any atom is 0.0139 e. The molecule has 0 bridgehead atoms. The Morgan fingerprint density at radius 3 is 2.64 bits per heavy atom. The number of fused-ring (bicyclic) bond motifs is 1. The van der Waals surface area contributed by atoms with Crippen LogP contribution in [0.25, 0.3) is 0 Å². The standard InChI is InChI=1S/C12H22N2/c1-14-7-10-6-13-12(11(10)8-14)9-4-2-3-5-9/h9-13H,2-8H2,1H3/t10-,11+,12+/m0/s1. The highest BCUT2D eigenvalue weighted by atomic mass is 15.2. The van der Waals surface area contributed by atoms with Crippen LogP contribution in [0.15, 0.2) is 0 Å². The zero-order chi connectivity index (χ0) is 9.54. The molecule has 0 radical (unpaired) electrons. The lowest BCUT2D eigenvalue weighted by Gasteiger charge is -2.25. The molecule has 0 aromatic rings. The van der Waals surface area contributed by atoms with Crippen LogP contribution < -0.4 is 5.32 Å². The minimum absolute atomic E-state index is 0.868. The molecule has 0 amide bonds. The molecule has 3 atom stereocenters. The van der Waals surface area contributed by atoms with E-state index < -0.39 is 0 Å². The summed E-state index contributed by atoms with van der Waals surface area (Å²) in [6.45, 7) is 3.97. The van der Waals surface area contributed by atoms with Crippen LogP contribution in [0.5, 0.6) is 0 Å². The van der Waals surface area contributed by atoms with E-state index in [4.69, 9.17) is 0 Å². The lowest BCUT2D eigenvalue weighted by Crippen LogP contribution is -2.36. The van der Waals surface area contributed by atoms with Crippen molar-refractivity contribution in [2.45, 2.75) is 31.7 Å². The summed E-state index contributed by atoms with van der Waals surface area (Å²) in [6.07, 6.45) is 5.95. The highest BCUT2D eigenvalue weighted by Gasteiger charge is 2.44. The molecule has 80 valence electrons. The SMILES string of the molecule is CN1C[C@@H]2CN[C@H](C3CCCC3)[C@@H]2C1. The minimum atomic E-state index is 0.868. The predicted molar refractivity (Wildman–Crippen MR) is 58.2 cm³/mol. The van der Waals surface area contributed by atoms with E-state index in [1.54, 1.807) is 0 Å². The monoisotopic (exact) mass is 194 g/mol. The maximum atomic E-state index is 3.79. The number of likely N-dealkylation sites (tertiary alicyclic amines) is 1. The molecule has 3 rings (SSSR count). The van der Waals surface area contributed by atoms with Crippen LogP contribution in [-0.2, 0) is 0 Å². The van der Waals surface area contributed by atoms with Gasteiger partial charge in [-0.25, -0.2) is 0 Å². The zero-order valence-electron chi connectivity index (χ0n) is 9.21. The van der Waals surface area contributed by atoms with Crippen molar-refractivity contribution in [1.29, 1.82) is 0 Å². The summed E-state index contributed by atoms with van der Waals surface area (Å²) in [7, 11) is 2.28. The second kappa shape index (κ2) is 3.49. The Kier molecular flexibility index (Phi) is 2.29. The summed E-state index contributed by atoms with van der Waals surface area (Å²) in [4.78, 5) is 2.53. The Balaban J connectivity index is 1.69. The van der Waals surface area contributed by atoms with Crippen LogP contribution in [0.4, 0.5) is 0 Å². The Labute approximate surface area is 87.0 Å². The predicted octanol–water partition coefficient (Wildman–Crippen LogP) is 1.33. The number of nitrogens with one attached hydrogen (secondary N) is 1. The minimum Gasteiger partial charge on any atom is -0.313 e. The third kappa shape index (κ3) is 1.40. The van der Waals surface area contributed by atoms with Gasteiger partial charge in [-0.1, -0.05) is 12.8 Å². The molecule has 2 heteroatoms. The topological polar surface area (TPSA) is 15.3 Å². The molecule has 3 aliphatic rings. The lowest BCUT2D eigenvalue weighted by atomic mass is 9.85. The van der Waals surface area contributed by atoms with Gasteiger partial charge in [0.2, 0.25) is 0 Å².